The van der Waals surface area contributed by atoms with E-state index in [9.17, 15) is 22.8 Å². The van der Waals surface area contributed by atoms with E-state index in [0.29, 0.717) is 26.1 Å². The highest BCUT2D eigenvalue weighted by Gasteiger charge is 2.30. The lowest BCUT2D eigenvalue weighted by molar-refractivity contribution is -0.140. The summed E-state index contributed by atoms with van der Waals surface area (Å²) in [6.07, 6.45) is -4.33. The Morgan fingerprint density at radius 3 is 2.29 bits per heavy atom. The Hall–Kier alpha value is -2.69. The topological polar surface area (TPSA) is 64.6 Å². The molecule has 0 fully saturated rings. The van der Waals surface area contributed by atoms with Gasteiger partial charge in [-0.2, -0.15) is 13.2 Å². The van der Waals surface area contributed by atoms with Crippen LogP contribution in [0.3, 0.4) is 0 Å². The second kappa shape index (κ2) is 12.9. The number of hydrogen-bond acceptors (Lipinski definition) is 6. The minimum atomic E-state index is -4.39. The molecule has 1 unspecified atom stereocenters. The molecular weight excluding hydrogens is 559 g/mol. The molecule has 0 aliphatic heterocycles. The van der Waals surface area contributed by atoms with Crippen LogP contribution in [0.2, 0.25) is 5.02 Å². The molecule has 2 aromatic carbocycles. The summed E-state index contributed by atoms with van der Waals surface area (Å²) in [4.78, 5) is 24.9. The van der Waals surface area contributed by atoms with Gasteiger partial charge in [0.25, 0.3) is 5.91 Å². The zero-order valence-corrected chi connectivity index (χ0v) is 23.6. The van der Waals surface area contributed by atoms with Gasteiger partial charge in [-0.15, -0.1) is 23.1 Å². The molecule has 204 valence electrons. The van der Waals surface area contributed by atoms with Crippen molar-refractivity contribution in [2.45, 2.75) is 38.8 Å². The van der Waals surface area contributed by atoms with Gasteiger partial charge in [0.1, 0.15) is 5.75 Å². The van der Waals surface area contributed by atoms with Crippen LogP contribution in [-0.4, -0.2) is 31.3 Å². The van der Waals surface area contributed by atoms with Crippen LogP contribution in [0.25, 0.3) is 11.1 Å². The number of alkyl halides is 3. The first-order valence-corrected chi connectivity index (χ1v) is 13.9. The maximum Gasteiger partial charge on any atom is 0.416 e. The third kappa shape index (κ3) is 7.45. The number of methoxy groups -OCH3 is 1. The Morgan fingerprint density at radius 1 is 1.11 bits per heavy atom. The number of thioether (sulfide) groups is 1. The summed E-state index contributed by atoms with van der Waals surface area (Å²) in [5, 5.41) is 3.07. The summed E-state index contributed by atoms with van der Waals surface area (Å²) in [7, 11) is 1.28. The van der Waals surface area contributed by atoms with Gasteiger partial charge in [0.05, 0.1) is 33.9 Å². The highest BCUT2D eigenvalue weighted by molar-refractivity contribution is 7.99. The molecule has 0 aliphatic carbocycles. The van der Waals surface area contributed by atoms with Crippen molar-refractivity contribution in [2.24, 2.45) is 0 Å². The largest absolute Gasteiger partial charge is 0.474 e. The molecule has 3 aromatic rings. The smallest absolute Gasteiger partial charge is 0.416 e. The zero-order valence-electron chi connectivity index (χ0n) is 21.2. The number of aryl methyl sites for hydroxylation is 2. The number of halogens is 4. The molecule has 5 nitrogen and oxygen atoms in total. The Morgan fingerprint density at radius 2 is 1.74 bits per heavy atom. The lowest BCUT2D eigenvalue weighted by Gasteiger charge is -2.20. The maximum atomic E-state index is 13.0. The van der Waals surface area contributed by atoms with E-state index in [0.717, 1.165) is 34.6 Å². The minimum Gasteiger partial charge on any atom is -0.474 e. The standard InChI is InChI=1S/C27H27ClF3NO4S2/c1-5-37-26(24-20(28)14-21(38-24)25(34)32-11-10-22(33)35-4)36-19-12-15(2)23(16(3)13-19)17-6-8-18(9-7-17)27(29,30)31/h6-9,12-14,26H,5,10-11H2,1-4H3,(H,32,34). The van der Waals surface area contributed by atoms with Crippen molar-refractivity contribution in [1.82, 2.24) is 5.32 Å². The first kappa shape index (κ1) is 29.9. The summed E-state index contributed by atoms with van der Waals surface area (Å²) in [5.74, 6) is 0.536. The predicted octanol–water partition coefficient (Wildman–Crippen LogP) is 7.83. The van der Waals surface area contributed by atoms with Gasteiger partial charge in [0.2, 0.25) is 0 Å². The third-order valence-corrected chi connectivity index (χ3v) is 8.28. The summed E-state index contributed by atoms with van der Waals surface area (Å²) < 4.78 is 49.8. The number of carbonyl (C=O) groups excluding carboxylic acids is 2. The Bertz CT molecular complexity index is 1270. The van der Waals surface area contributed by atoms with E-state index in [1.807, 2.05) is 32.9 Å². The Kier molecular flexibility index (Phi) is 10.1. The lowest BCUT2D eigenvalue weighted by atomic mass is 9.94. The highest BCUT2D eigenvalue weighted by Crippen LogP contribution is 2.42. The quantitative estimate of drug-likeness (QED) is 0.194. The van der Waals surface area contributed by atoms with E-state index in [1.54, 1.807) is 6.07 Å². The fourth-order valence-electron chi connectivity index (χ4n) is 3.83. The molecule has 1 amide bonds. The fraction of sp³-hybridized carbons (Fsp3) is 0.333. The molecule has 0 bridgehead atoms. The van der Waals surface area contributed by atoms with Gasteiger partial charge in [-0.25, -0.2) is 0 Å². The van der Waals surface area contributed by atoms with Crippen LogP contribution in [-0.2, 0) is 15.7 Å². The van der Waals surface area contributed by atoms with E-state index in [1.165, 1.54) is 42.3 Å². The van der Waals surface area contributed by atoms with Crippen molar-refractivity contribution < 1.29 is 32.2 Å². The molecule has 0 spiro atoms. The number of rotatable bonds is 10. The van der Waals surface area contributed by atoms with Crippen molar-refractivity contribution >= 4 is 46.6 Å². The number of esters is 1. The third-order valence-electron chi connectivity index (χ3n) is 5.56. The van der Waals surface area contributed by atoms with Gasteiger partial charge in [0, 0.05) is 6.54 Å². The molecule has 0 saturated carbocycles. The number of thiophene rings is 1. The summed E-state index contributed by atoms with van der Waals surface area (Å²) in [6, 6.07) is 10.3. The van der Waals surface area contributed by atoms with Crippen LogP contribution in [0.15, 0.2) is 42.5 Å². The normalized spacial score (nSPS) is 12.2. The van der Waals surface area contributed by atoms with Crippen molar-refractivity contribution in [3.05, 3.63) is 73.9 Å². The summed E-state index contributed by atoms with van der Waals surface area (Å²) in [6.45, 7) is 5.88. The van der Waals surface area contributed by atoms with Crippen LogP contribution >= 0.6 is 34.7 Å². The van der Waals surface area contributed by atoms with Crippen LogP contribution in [0.1, 0.15) is 50.0 Å². The van der Waals surface area contributed by atoms with Gasteiger partial charge in [-0.1, -0.05) is 30.7 Å². The molecule has 1 aromatic heterocycles. The first-order chi connectivity index (χ1) is 17.9. The van der Waals surface area contributed by atoms with Gasteiger partial charge < -0.3 is 14.8 Å². The fourth-order valence-corrected chi connectivity index (χ4v) is 6.28. The van der Waals surface area contributed by atoms with E-state index < -0.39 is 23.1 Å². The molecule has 38 heavy (non-hydrogen) atoms. The molecule has 3 rings (SSSR count). The molecule has 0 aliphatic rings. The van der Waals surface area contributed by atoms with E-state index >= 15 is 0 Å². The SMILES string of the molecule is CCSC(Oc1cc(C)c(-c2ccc(C(F)(F)F)cc2)c(C)c1)c1sc(C(=O)NCCC(=O)OC)cc1Cl. The molecular formula is C27H27ClF3NO4S2. The highest BCUT2D eigenvalue weighted by atomic mass is 35.5. The molecule has 0 radical (unpaired) electrons. The average molecular weight is 586 g/mol. The number of benzene rings is 2. The number of hydrogen-bond donors (Lipinski definition) is 1. The second-order valence-electron chi connectivity index (χ2n) is 8.32. The van der Waals surface area contributed by atoms with Crippen molar-refractivity contribution in [3.63, 3.8) is 0 Å². The number of nitrogens with one attached hydrogen (secondary N) is 1. The van der Waals surface area contributed by atoms with Crippen molar-refractivity contribution in [1.29, 1.82) is 0 Å². The summed E-state index contributed by atoms with van der Waals surface area (Å²) in [5.41, 5.74) is 2.05. The van der Waals surface area contributed by atoms with Gasteiger partial charge >= 0.3 is 12.1 Å². The Balaban J connectivity index is 1.81. The van der Waals surface area contributed by atoms with Crippen molar-refractivity contribution in [2.75, 3.05) is 19.4 Å². The number of amides is 1. The molecule has 0 saturated heterocycles. The monoisotopic (exact) mass is 585 g/mol. The molecule has 1 N–H and O–H groups in total. The van der Waals surface area contributed by atoms with Crippen molar-refractivity contribution in [3.8, 4) is 16.9 Å². The zero-order chi connectivity index (χ0) is 28.0. The minimum absolute atomic E-state index is 0.0623. The first-order valence-electron chi connectivity index (χ1n) is 11.7. The maximum absolute atomic E-state index is 13.0. The van der Waals surface area contributed by atoms with Gasteiger partial charge in [-0.05, 0) is 72.2 Å². The van der Waals surface area contributed by atoms with Crippen LogP contribution in [0.5, 0.6) is 5.75 Å². The average Bonchev–Trinajstić information content (AvgIpc) is 3.24. The van der Waals surface area contributed by atoms with E-state index in [-0.39, 0.29) is 18.9 Å². The number of carbonyl (C=O) groups is 2. The van der Waals surface area contributed by atoms with E-state index in [2.05, 4.69) is 10.1 Å². The van der Waals surface area contributed by atoms with Crippen LogP contribution < -0.4 is 10.1 Å². The summed E-state index contributed by atoms with van der Waals surface area (Å²) >= 11 is 9.21. The number of ether oxygens (including phenoxy) is 2. The molecule has 11 heteroatoms. The van der Waals surface area contributed by atoms with Gasteiger partial charge in [0.15, 0.2) is 5.44 Å². The molecule has 1 atom stereocenters. The van der Waals surface area contributed by atoms with Gasteiger partial charge in [-0.3, -0.25) is 9.59 Å². The van der Waals surface area contributed by atoms with Crippen LogP contribution in [0, 0.1) is 13.8 Å². The molecule has 1 heterocycles. The van der Waals surface area contributed by atoms with Crippen LogP contribution in [0.4, 0.5) is 13.2 Å². The second-order valence-corrected chi connectivity index (χ2v) is 11.1. The van der Waals surface area contributed by atoms with E-state index in [4.69, 9.17) is 16.3 Å². The Labute approximate surface area is 232 Å². The predicted molar refractivity (Wildman–Crippen MR) is 146 cm³/mol. The lowest BCUT2D eigenvalue weighted by Crippen LogP contribution is -2.25.